The van der Waals surface area contributed by atoms with Gasteiger partial charge in [0.15, 0.2) is 11.7 Å². The highest BCUT2D eigenvalue weighted by Crippen LogP contribution is 2.21. The van der Waals surface area contributed by atoms with Crippen LogP contribution in [0.1, 0.15) is 199 Å². The van der Waals surface area contributed by atoms with Gasteiger partial charge in [-0.05, 0) is 69.9 Å². The molecule has 0 radical (unpaired) electrons. The number of aliphatic hydroxyl groups is 2. The summed E-state index contributed by atoms with van der Waals surface area (Å²) >= 11 is 0. The Kier molecular flexibility index (Phi) is 30.8. The van der Waals surface area contributed by atoms with Gasteiger partial charge in [-0.1, -0.05) is 141 Å². The summed E-state index contributed by atoms with van der Waals surface area (Å²) < 4.78 is 28.7. The van der Waals surface area contributed by atoms with Crippen molar-refractivity contribution >= 4 is 11.8 Å². The highest BCUT2D eigenvalue weighted by atomic mass is 19.1. The summed E-state index contributed by atoms with van der Waals surface area (Å²) in [7, 11) is 0. The van der Waals surface area contributed by atoms with E-state index < -0.39 is 23.5 Å². The third-order valence-electron chi connectivity index (χ3n) is 9.91. The number of allylic oxidation sites excluding steroid dienone is 2. The van der Waals surface area contributed by atoms with Crippen LogP contribution in [0.5, 0.6) is 0 Å². The van der Waals surface area contributed by atoms with Gasteiger partial charge < -0.3 is 20.8 Å². The Morgan fingerprint density at radius 3 is 0.959 bits per heavy atom. The molecule has 8 heteroatoms. The van der Waals surface area contributed by atoms with Crippen LogP contribution < -0.4 is 10.6 Å². The van der Waals surface area contributed by atoms with E-state index in [1.54, 1.807) is 0 Å². The molecule has 0 unspecified atom stereocenters. The molecule has 1 aliphatic carbocycles. The molecule has 2 amide bonds. The van der Waals surface area contributed by atoms with Crippen LogP contribution >= 0.6 is 0 Å². The van der Waals surface area contributed by atoms with E-state index in [2.05, 4.69) is 10.6 Å². The predicted molar refractivity (Wildman–Crippen MR) is 200 cm³/mol. The Morgan fingerprint density at radius 1 is 0.449 bits per heavy atom. The molecule has 0 saturated heterocycles. The molecule has 2 atom stereocenters. The van der Waals surface area contributed by atoms with Gasteiger partial charge in [0.05, 0.1) is 0 Å². The molecule has 6 nitrogen and oxygen atoms in total. The first-order chi connectivity index (χ1) is 24.0. The maximum atomic E-state index is 14.4. The van der Waals surface area contributed by atoms with Crippen molar-refractivity contribution in [3.63, 3.8) is 0 Å². The average Bonchev–Trinajstić information content (AvgIpc) is 3.54. The number of nitrogens with one attached hydrogen (secondary N) is 2. The minimum atomic E-state index is -0.741. The van der Waals surface area contributed by atoms with Crippen LogP contribution in [0.2, 0.25) is 0 Å². The maximum Gasteiger partial charge on any atom is 0.279 e. The van der Waals surface area contributed by atoms with E-state index >= 15 is 0 Å². The summed E-state index contributed by atoms with van der Waals surface area (Å²) in [6, 6.07) is -0.449. The molecule has 0 aromatic heterocycles. The minimum absolute atomic E-state index is 0.224. The fourth-order valence-electron chi connectivity index (χ4n) is 6.80. The second kappa shape index (κ2) is 33.3. The van der Waals surface area contributed by atoms with Crippen LogP contribution in [0, 0.1) is 0 Å². The van der Waals surface area contributed by atoms with Crippen LogP contribution in [-0.2, 0) is 9.59 Å². The number of unbranched alkanes of at least 4 members (excludes halogenated alkanes) is 26. The Labute approximate surface area is 298 Å². The highest BCUT2D eigenvalue weighted by molar-refractivity contribution is 5.92. The predicted octanol–water partition coefficient (Wildman–Crippen LogP) is 10.8. The first-order valence-corrected chi connectivity index (χ1v) is 20.5. The molecule has 0 bridgehead atoms. The number of halogens is 2. The maximum absolute atomic E-state index is 14.4. The average molecular weight is 697 g/mol. The lowest BCUT2D eigenvalue weighted by atomic mass is 10.0. The molecule has 0 aromatic rings. The second-order valence-corrected chi connectivity index (χ2v) is 14.5. The van der Waals surface area contributed by atoms with Gasteiger partial charge in [-0.3, -0.25) is 9.59 Å². The summed E-state index contributed by atoms with van der Waals surface area (Å²) in [6.45, 7) is 0.621. The molecule has 4 N–H and O–H groups in total. The first-order valence-electron chi connectivity index (χ1n) is 20.5. The smallest absolute Gasteiger partial charge is 0.279 e. The van der Waals surface area contributed by atoms with Gasteiger partial charge in [-0.15, -0.1) is 0 Å². The van der Waals surface area contributed by atoms with E-state index in [1.165, 1.54) is 115 Å². The zero-order chi connectivity index (χ0) is 35.6. The molecule has 49 heavy (non-hydrogen) atoms. The van der Waals surface area contributed by atoms with E-state index in [1.807, 2.05) is 0 Å². The summed E-state index contributed by atoms with van der Waals surface area (Å²) in [5, 5.41) is 23.1. The molecule has 1 saturated carbocycles. The molecule has 0 heterocycles. The SMILES string of the molecule is O=C(N[C@@H]1CC[C@H](NC(=O)/C(F)=C/CCCCCCCCCCCCCCCO)C1)/C(F)=C/CCCCCCCCCCCCCCCO. The molecule has 1 rings (SSSR count). The lowest BCUT2D eigenvalue weighted by molar-refractivity contribution is -0.119. The molecule has 0 spiro atoms. The van der Waals surface area contributed by atoms with E-state index in [0.717, 1.165) is 64.2 Å². The van der Waals surface area contributed by atoms with Gasteiger partial charge in [0, 0.05) is 25.3 Å². The topological polar surface area (TPSA) is 98.7 Å². The van der Waals surface area contributed by atoms with Gasteiger partial charge in [0.25, 0.3) is 11.8 Å². The molecule has 0 aromatic carbocycles. The number of aliphatic hydroxyl groups excluding tert-OH is 2. The Bertz CT molecular complexity index is 798. The minimum Gasteiger partial charge on any atom is -0.396 e. The number of rotatable bonds is 34. The summed E-state index contributed by atoms with van der Waals surface area (Å²) in [6.07, 6.45) is 36.1. The zero-order valence-corrected chi connectivity index (χ0v) is 31.1. The Morgan fingerprint density at radius 2 is 0.694 bits per heavy atom. The standard InChI is InChI=1S/C41H74F2N2O4/c42-38(29-25-21-17-13-9-5-1-3-7-11-15-19-23-27-33-46)40(48)44-36-31-32-37(35-36)45-41(49)39(43)30-26-22-18-14-10-6-2-4-8-12-16-20-24-28-34-47/h29-30,36-37,46-47H,1-28,31-35H2,(H,44,48)(H,45,49)/b38-29-,39-30-/t36-,37+. The normalized spacial score (nSPS) is 16.7. The van der Waals surface area contributed by atoms with Crippen molar-refractivity contribution in [1.82, 2.24) is 10.6 Å². The quantitative estimate of drug-likeness (QED) is 0.0397. The van der Waals surface area contributed by atoms with Crippen LogP contribution in [0.3, 0.4) is 0 Å². The van der Waals surface area contributed by atoms with Crippen molar-refractivity contribution in [3.8, 4) is 0 Å². The van der Waals surface area contributed by atoms with Gasteiger partial charge >= 0.3 is 0 Å². The number of carbonyl (C=O) groups excluding carboxylic acids is 2. The van der Waals surface area contributed by atoms with Crippen molar-refractivity contribution in [2.45, 2.75) is 211 Å². The zero-order valence-electron chi connectivity index (χ0n) is 31.1. The van der Waals surface area contributed by atoms with Gasteiger partial charge in [-0.25, -0.2) is 8.78 Å². The number of hydrogen-bond donors (Lipinski definition) is 4. The largest absolute Gasteiger partial charge is 0.396 e. The van der Waals surface area contributed by atoms with Crippen molar-refractivity contribution in [2.24, 2.45) is 0 Å². The molecular weight excluding hydrogens is 622 g/mol. The van der Waals surface area contributed by atoms with Crippen LogP contribution in [0.4, 0.5) is 8.78 Å². The van der Waals surface area contributed by atoms with Crippen molar-refractivity contribution in [2.75, 3.05) is 13.2 Å². The van der Waals surface area contributed by atoms with Gasteiger partial charge in [-0.2, -0.15) is 0 Å². The van der Waals surface area contributed by atoms with Crippen molar-refractivity contribution in [3.05, 3.63) is 23.8 Å². The van der Waals surface area contributed by atoms with E-state index in [-0.39, 0.29) is 12.1 Å². The van der Waals surface area contributed by atoms with Crippen molar-refractivity contribution in [1.29, 1.82) is 0 Å². The van der Waals surface area contributed by atoms with Gasteiger partial charge in [0.2, 0.25) is 0 Å². The third-order valence-corrected chi connectivity index (χ3v) is 9.91. The number of hydrogen-bond acceptors (Lipinski definition) is 4. The van der Waals surface area contributed by atoms with E-state index in [0.29, 0.717) is 45.3 Å². The summed E-state index contributed by atoms with van der Waals surface area (Å²) in [5.74, 6) is -2.87. The van der Waals surface area contributed by atoms with Crippen LogP contribution in [0.25, 0.3) is 0 Å². The number of carbonyl (C=O) groups is 2. The van der Waals surface area contributed by atoms with Gasteiger partial charge in [0.1, 0.15) is 0 Å². The number of amides is 2. The molecule has 1 aliphatic rings. The molecular formula is C41H74F2N2O4. The Balaban J connectivity index is 2.02. The Hall–Kier alpha value is -1.80. The molecule has 286 valence electrons. The molecule has 1 fully saturated rings. The fourth-order valence-corrected chi connectivity index (χ4v) is 6.80. The second-order valence-electron chi connectivity index (χ2n) is 14.5. The monoisotopic (exact) mass is 697 g/mol. The first kappa shape index (κ1) is 45.2. The van der Waals surface area contributed by atoms with E-state index in [4.69, 9.17) is 10.2 Å². The fraction of sp³-hybridized carbons (Fsp3) is 0.854. The van der Waals surface area contributed by atoms with E-state index in [9.17, 15) is 18.4 Å². The summed E-state index contributed by atoms with van der Waals surface area (Å²) in [5.41, 5.74) is 0. The molecule has 0 aliphatic heterocycles. The highest BCUT2D eigenvalue weighted by Gasteiger charge is 2.28. The van der Waals surface area contributed by atoms with Crippen LogP contribution in [-0.4, -0.2) is 47.3 Å². The van der Waals surface area contributed by atoms with Crippen molar-refractivity contribution < 1.29 is 28.6 Å². The lowest BCUT2D eigenvalue weighted by Crippen LogP contribution is -2.37. The third kappa shape index (κ3) is 27.6. The van der Waals surface area contributed by atoms with Crippen LogP contribution in [0.15, 0.2) is 23.8 Å². The lowest BCUT2D eigenvalue weighted by Gasteiger charge is -2.14. The summed E-state index contributed by atoms with van der Waals surface area (Å²) in [4.78, 5) is 24.6.